The summed E-state index contributed by atoms with van der Waals surface area (Å²) in [5.74, 6) is -0.147. The molecule has 18 heavy (non-hydrogen) atoms. The standard InChI is InChI=1S/C12H16N4OS/c13-5-1-2-6-14-12(17)10-8-9(15-16-10)11-4-3-7-18-11/h3-4,7-8H,1-2,5-6,13H2,(H,14,17)(H,15,16). The maximum Gasteiger partial charge on any atom is 0.271 e. The van der Waals surface area contributed by atoms with E-state index in [1.54, 1.807) is 17.4 Å². The molecule has 0 unspecified atom stereocenters. The molecule has 96 valence electrons. The Kier molecular flexibility index (Phi) is 4.49. The first-order valence-electron chi connectivity index (χ1n) is 5.89. The molecule has 2 aromatic heterocycles. The van der Waals surface area contributed by atoms with Gasteiger partial charge in [0.1, 0.15) is 0 Å². The minimum Gasteiger partial charge on any atom is -0.351 e. The molecular weight excluding hydrogens is 248 g/mol. The molecule has 0 atom stereocenters. The number of unbranched alkanes of at least 4 members (excludes halogenated alkanes) is 1. The molecule has 5 nitrogen and oxygen atoms in total. The summed E-state index contributed by atoms with van der Waals surface area (Å²) in [7, 11) is 0. The van der Waals surface area contributed by atoms with Crippen LogP contribution in [0.25, 0.3) is 10.6 Å². The SMILES string of the molecule is NCCCCNC(=O)c1cc(-c2cccs2)[nH]n1. The van der Waals surface area contributed by atoms with Crippen LogP contribution in [-0.2, 0) is 0 Å². The maximum absolute atomic E-state index is 11.8. The molecular formula is C12H16N4OS. The van der Waals surface area contributed by atoms with Gasteiger partial charge in [0.05, 0.1) is 10.6 Å². The van der Waals surface area contributed by atoms with Gasteiger partial charge in [-0.2, -0.15) is 5.10 Å². The van der Waals surface area contributed by atoms with E-state index in [-0.39, 0.29) is 5.91 Å². The van der Waals surface area contributed by atoms with Gasteiger partial charge in [-0.3, -0.25) is 9.89 Å². The van der Waals surface area contributed by atoms with Gasteiger partial charge in [0, 0.05) is 6.54 Å². The first-order chi connectivity index (χ1) is 8.81. The number of thiophene rings is 1. The topological polar surface area (TPSA) is 83.8 Å². The van der Waals surface area contributed by atoms with E-state index in [4.69, 9.17) is 5.73 Å². The average molecular weight is 264 g/mol. The van der Waals surface area contributed by atoms with Crippen LogP contribution in [0.4, 0.5) is 0 Å². The fraction of sp³-hybridized carbons (Fsp3) is 0.333. The number of nitrogens with two attached hydrogens (primary N) is 1. The Bertz CT molecular complexity index is 492. The Hall–Kier alpha value is -1.66. The highest BCUT2D eigenvalue weighted by atomic mass is 32.1. The number of nitrogens with one attached hydrogen (secondary N) is 2. The predicted molar refractivity (Wildman–Crippen MR) is 72.5 cm³/mol. The molecule has 2 rings (SSSR count). The lowest BCUT2D eigenvalue weighted by Gasteiger charge is -2.01. The molecule has 0 aliphatic rings. The van der Waals surface area contributed by atoms with E-state index in [2.05, 4.69) is 15.5 Å². The van der Waals surface area contributed by atoms with E-state index in [0.29, 0.717) is 18.8 Å². The van der Waals surface area contributed by atoms with Crippen molar-refractivity contribution in [1.82, 2.24) is 15.5 Å². The molecule has 0 saturated carbocycles. The number of aromatic amines is 1. The number of rotatable bonds is 6. The van der Waals surface area contributed by atoms with E-state index < -0.39 is 0 Å². The van der Waals surface area contributed by atoms with E-state index in [1.807, 2.05) is 17.5 Å². The van der Waals surface area contributed by atoms with Crippen LogP contribution in [0.1, 0.15) is 23.3 Å². The number of nitrogens with zero attached hydrogens (tertiary/aromatic N) is 1. The van der Waals surface area contributed by atoms with Crippen LogP contribution in [0.3, 0.4) is 0 Å². The zero-order chi connectivity index (χ0) is 12.8. The summed E-state index contributed by atoms with van der Waals surface area (Å²) in [6.45, 7) is 1.29. The largest absolute Gasteiger partial charge is 0.351 e. The Morgan fingerprint density at radius 1 is 1.50 bits per heavy atom. The van der Waals surface area contributed by atoms with Crippen molar-refractivity contribution in [2.24, 2.45) is 5.73 Å². The zero-order valence-corrected chi connectivity index (χ0v) is 10.8. The summed E-state index contributed by atoms with van der Waals surface area (Å²) >= 11 is 1.61. The van der Waals surface area contributed by atoms with Gasteiger partial charge < -0.3 is 11.1 Å². The van der Waals surface area contributed by atoms with Crippen molar-refractivity contribution in [2.75, 3.05) is 13.1 Å². The highest BCUT2D eigenvalue weighted by Gasteiger charge is 2.10. The smallest absolute Gasteiger partial charge is 0.271 e. The van der Waals surface area contributed by atoms with Crippen LogP contribution in [0.2, 0.25) is 0 Å². The van der Waals surface area contributed by atoms with Crippen LogP contribution < -0.4 is 11.1 Å². The quantitative estimate of drug-likeness (QED) is 0.693. The van der Waals surface area contributed by atoms with E-state index in [0.717, 1.165) is 23.4 Å². The summed E-state index contributed by atoms with van der Waals surface area (Å²) in [5, 5.41) is 11.7. The van der Waals surface area contributed by atoms with Crippen LogP contribution in [0, 0.1) is 0 Å². The normalized spacial score (nSPS) is 10.5. The lowest BCUT2D eigenvalue weighted by Crippen LogP contribution is -2.25. The number of H-pyrrole nitrogens is 1. The van der Waals surface area contributed by atoms with Gasteiger partial charge in [-0.15, -0.1) is 11.3 Å². The molecule has 0 saturated heterocycles. The molecule has 0 radical (unpaired) electrons. The van der Waals surface area contributed by atoms with Gasteiger partial charge in [-0.1, -0.05) is 6.07 Å². The summed E-state index contributed by atoms with van der Waals surface area (Å²) in [4.78, 5) is 12.8. The number of carbonyl (C=O) groups is 1. The third-order valence-corrected chi connectivity index (χ3v) is 3.42. The van der Waals surface area contributed by atoms with Crippen molar-refractivity contribution < 1.29 is 4.79 Å². The molecule has 0 aromatic carbocycles. The predicted octanol–water partition coefficient (Wildman–Crippen LogP) is 1.61. The first kappa shape index (κ1) is 12.8. The third-order valence-electron chi connectivity index (χ3n) is 2.51. The molecule has 2 aromatic rings. The summed E-state index contributed by atoms with van der Waals surface area (Å²) in [6.07, 6.45) is 1.81. The van der Waals surface area contributed by atoms with Crippen molar-refractivity contribution in [3.05, 3.63) is 29.3 Å². The van der Waals surface area contributed by atoms with Crippen molar-refractivity contribution in [3.63, 3.8) is 0 Å². The number of hydrogen-bond acceptors (Lipinski definition) is 4. The zero-order valence-electron chi connectivity index (χ0n) is 9.98. The maximum atomic E-state index is 11.8. The molecule has 0 spiro atoms. The van der Waals surface area contributed by atoms with Gasteiger partial charge in [0.25, 0.3) is 5.91 Å². The van der Waals surface area contributed by atoms with Gasteiger partial charge >= 0.3 is 0 Å². The lowest BCUT2D eigenvalue weighted by atomic mass is 10.3. The fourth-order valence-electron chi connectivity index (χ4n) is 1.56. The molecule has 0 aliphatic heterocycles. The van der Waals surface area contributed by atoms with Crippen molar-refractivity contribution in [3.8, 4) is 10.6 Å². The Balaban J connectivity index is 1.91. The van der Waals surface area contributed by atoms with Crippen molar-refractivity contribution >= 4 is 17.2 Å². The molecule has 0 aliphatic carbocycles. The molecule has 0 fully saturated rings. The number of hydrogen-bond donors (Lipinski definition) is 3. The minimum absolute atomic E-state index is 0.147. The Morgan fingerprint density at radius 2 is 2.39 bits per heavy atom. The molecule has 4 N–H and O–H groups in total. The summed E-state index contributed by atoms with van der Waals surface area (Å²) < 4.78 is 0. The van der Waals surface area contributed by atoms with Gasteiger partial charge in [-0.05, 0) is 36.9 Å². The lowest BCUT2D eigenvalue weighted by molar-refractivity contribution is 0.0948. The highest BCUT2D eigenvalue weighted by Crippen LogP contribution is 2.22. The molecule has 2 heterocycles. The number of aromatic nitrogens is 2. The van der Waals surface area contributed by atoms with Gasteiger partial charge in [-0.25, -0.2) is 0 Å². The fourth-order valence-corrected chi connectivity index (χ4v) is 2.25. The summed E-state index contributed by atoms with van der Waals surface area (Å²) in [5.41, 5.74) is 6.68. The van der Waals surface area contributed by atoms with E-state index in [1.165, 1.54) is 0 Å². The van der Waals surface area contributed by atoms with Crippen molar-refractivity contribution in [2.45, 2.75) is 12.8 Å². The van der Waals surface area contributed by atoms with Crippen LogP contribution in [0.5, 0.6) is 0 Å². The minimum atomic E-state index is -0.147. The summed E-state index contributed by atoms with van der Waals surface area (Å²) in [6, 6.07) is 5.72. The molecule has 1 amide bonds. The van der Waals surface area contributed by atoms with E-state index in [9.17, 15) is 4.79 Å². The van der Waals surface area contributed by atoms with Crippen LogP contribution >= 0.6 is 11.3 Å². The van der Waals surface area contributed by atoms with E-state index >= 15 is 0 Å². The third kappa shape index (κ3) is 3.18. The second kappa shape index (κ2) is 6.32. The van der Waals surface area contributed by atoms with Gasteiger partial charge in [0.15, 0.2) is 5.69 Å². The van der Waals surface area contributed by atoms with Crippen molar-refractivity contribution in [1.29, 1.82) is 0 Å². The number of amides is 1. The van der Waals surface area contributed by atoms with Crippen LogP contribution in [0.15, 0.2) is 23.6 Å². The van der Waals surface area contributed by atoms with Gasteiger partial charge in [0.2, 0.25) is 0 Å². The Labute approximate surface area is 109 Å². The second-order valence-electron chi connectivity index (χ2n) is 3.90. The number of carbonyl (C=O) groups excluding carboxylic acids is 1. The molecule has 0 bridgehead atoms. The Morgan fingerprint density at radius 3 is 3.11 bits per heavy atom. The molecule has 6 heteroatoms. The average Bonchev–Trinajstić information content (AvgIpc) is 3.03. The highest BCUT2D eigenvalue weighted by molar-refractivity contribution is 7.13. The first-order valence-corrected chi connectivity index (χ1v) is 6.77. The van der Waals surface area contributed by atoms with Crippen LogP contribution in [-0.4, -0.2) is 29.2 Å². The monoisotopic (exact) mass is 264 g/mol. The second-order valence-corrected chi connectivity index (χ2v) is 4.84.